The van der Waals surface area contributed by atoms with Gasteiger partial charge in [0.2, 0.25) is 6.41 Å². The molecular formula is C9H10N2O2. The van der Waals surface area contributed by atoms with Gasteiger partial charge in [0.05, 0.1) is 0 Å². The number of carbonyl (C=O) groups is 1. The maximum Gasteiger partial charge on any atom is 0.207 e. The molecular weight excluding hydrogens is 168 g/mol. The van der Waals surface area contributed by atoms with E-state index in [1.165, 1.54) is 0 Å². The highest BCUT2D eigenvalue weighted by molar-refractivity contribution is 5.46. The number of nitrogens with zero attached hydrogens (tertiary/aromatic N) is 1. The molecule has 0 aromatic heterocycles. The Hall–Kier alpha value is -1.71. The van der Waals surface area contributed by atoms with Gasteiger partial charge < -0.3 is 5.32 Å². The normalized spacial score (nSPS) is 9.23. The van der Waals surface area contributed by atoms with Crippen LogP contribution in [0.15, 0.2) is 29.4 Å². The van der Waals surface area contributed by atoms with Crippen LogP contribution in [0.3, 0.4) is 0 Å². The molecule has 0 bridgehead atoms. The van der Waals surface area contributed by atoms with E-state index in [9.17, 15) is 9.70 Å². The van der Waals surface area contributed by atoms with Crippen LogP contribution in [0.25, 0.3) is 0 Å². The van der Waals surface area contributed by atoms with Crippen LogP contribution in [0.2, 0.25) is 0 Å². The average molecular weight is 178 g/mol. The Morgan fingerprint density at radius 3 is 2.85 bits per heavy atom. The third-order valence-corrected chi connectivity index (χ3v) is 1.63. The van der Waals surface area contributed by atoms with E-state index in [-0.39, 0.29) is 6.54 Å². The molecule has 0 fully saturated rings. The van der Waals surface area contributed by atoms with E-state index in [1.54, 1.807) is 0 Å². The van der Waals surface area contributed by atoms with Crippen molar-refractivity contribution in [2.45, 2.75) is 13.1 Å². The van der Waals surface area contributed by atoms with Gasteiger partial charge in [0.25, 0.3) is 0 Å². The predicted octanol–water partition coefficient (Wildman–Crippen LogP) is 1.20. The van der Waals surface area contributed by atoms with Gasteiger partial charge in [-0.25, -0.2) is 0 Å². The quantitative estimate of drug-likeness (QED) is 0.544. The van der Waals surface area contributed by atoms with Crippen molar-refractivity contribution in [3.05, 3.63) is 40.3 Å². The van der Waals surface area contributed by atoms with Gasteiger partial charge in [0, 0.05) is 6.54 Å². The molecule has 0 saturated heterocycles. The van der Waals surface area contributed by atoms with Gasteiger partial charge in [-0.05, 0) is 11.1 Å². The first-order valence-corrected chi connectivity index (χ1v) is 3.91. The molecule has 68 valence electrons. The third kappa shape index (κ3) is 3.02. The van der Waals surface area contributed by atoms with E-state index >= 15 is 0 Å². The van der Waals surface area contributed by atoms with Crippen LogP contribution in [-0.2, 0) is 17.9 Å². The Balaban J connectivity index is 2.66. The molecule has 0 heterocycles. The molecule has 4 heteroatoms. The number of hydrogen-bond acceptors (Lipinski definition) is 3. The summed E-state index contributed by atoms with van der Waals surface area (Å²) in [6, 6.07) is 7.39. The summed E-state index contributed by atoms with van der Waals surface area (Å²) in [7, 11) is 0. The van der Waals surface area contributed by atoms with Crippen LogP contribution in [0.5, 0.6) is 0 Å². The second-order valence-corrected chi connectivity index (χ2v) is 2.61. The number of nitrogens with one attached hydrogen (secondary N) is 1. The number of benzene rings is 1. The monoisotopic (exact) mass is 178 g/mol. The second kappa shape index (κ2) is 5.03. The topological polar surface area (TPSA) is 58.5 Å². The van der Waals surface area contributed by atoms with Crippen LogP contribution in [0, 0.1) is 4.91 Å². The molecule has 0 unspecified atom stereocenters. The van der Waals surface area contributed by atoms with Gasteiger partial charge in [-0.2, -0.15) is 4.91 Å². The van der Waals surface area contributed by atoms with Gasteiger partial charge in [-0.15, -0.1) is 0 Å². The molecule has 0 atom stereocenters. The van der Waals surface area contributed by atoms with Crippen molar-refractivity contribution in [2.75, 3.05) is 0 Å². The fourth-order valence-electron chi connectivity index (χ4n) is 1.07. The van der Waals surface area contributed by atoms with Crippen LogP contribution in [-0.4, -0.2) is 6.41 Å². The van der Waals surface area contributed by atoms with E-state index in [2.05, 4.69) is 10.5 Å². The summed E-state index contributed by atoms with van der Waals surface area (Å²) in [4.78, 5) is 20.0. The Morgan fingerprint density at radius 2 is 2.15 bits per heavy atom. The average Bonchev–Trinajstić information content (AvgIpc) is 2.16. The minimum atomic E-state index is 0.176. The lowest BCUT2D eigenvalue weighted by molar-refractivity contribution is -0.109. The highest BCUT2D eigenvalue weighted by Crippen LogP contribution is 2.05. The summed E-state index contributed by atoms with van der Waals surface area (Å²) in [5.41, 5.74) is 1.83. The van der Waals surface area contributed by atoms with Gasteiger partial charge in [0.15, 0.2) is 0 Å². The summed E-state index contributed by atoms with van der Waals surface area (Å²) in [5.74, 6) is 0. The molecule has 0 radical (unpaired) electrons. The van der Waals surface area contributed by atoms with Crippen molar-refractivity contribution in [1.29, 1.82) is 0 Å². The van der Waals surface area contributed by atoms with Crippen molar-refractivity contribution in [1.82, 2.24) is 5.32 Å². The third-order valence-electron chi connectivity index (χ3n) is 1.63. The molecule has 1 N–H and O–H groups in total. The maximum atomic E-state index is 10.0. The van der Waals surface area contributed by atoms with Crippen LogP contribution < -0.4 is 5.32 Å². The number of nitroso groups, excluding NO2 is 1. The molecule has 13 heavy (non-hydrogen) atoms. The zero-order chi connectivity index (χ0) is 9.52. The SMILES string of the molecule is O=CNCc1cccc(CN=O)c1. The number of rotatable bonds is 5. The Labute approximate surface area is 75.9 Å². The number of hydrogen-bond donors (Lipinski definition) is 1. The van der Waals surface area contributed by atoms with Gasteiger partial charge in [-0.3, -0.25) is 4.79 Å². The summed E-state index contributed by atoms with van der Waals surface area (Å²) in [5, 5.41) is 5.33. The van der Waals surface area contributed by atoms with Gasteiger partial charge in [-0.1, -0.05) is 29.4 Å². The van der Waals surface area contributed by atoms with E-state index in [4.69, 9.17) is 0 Å². The van der Waals surface area contributed by atoms with E-state index in [0.717, 1.165) is 11.1 Å². The molecule has 0 saturated carbocycles. The molecule has 1 rings (SSSR count). The minimum Gasteiger partial charge on any atom is -0.355 e. The largest absolute Gasteiger partial charge is 0.355 e. The standard InChI is InChI=1S/C9H10N2O2/c12-7-10-5-8-2-1-3-9(4-8)6-11-13/h1-4,7H,5-6H2,(H,10,12). The summed E-state index contributed by atoms with van der Waals surface area (Å²) >= 11 is 0. The number of amides is 1. The lowest BCUT2D eigenvalue weighted by atomic mass is 10.1. The molecule has 0 spiro atoms. The smallest absolute Gasteiger partial charge is 0.207 e. The zero-order valence-corrected chi connectivity index (χ0v) is 7.06. The summed E-state index contributed by atoms with van der Waals surface area (Å²) in [6.45, 7) is 0.658. The molecule has 4 nitrogen and oxygen atoms in total. The fraction of sp³-hybridized carbons (Fsp3) is 0.222. The molecule has 1 aromatic carbocycles. The fourth-order valence-corrected chi connectivity index (χ4v) is 1.07. The first kappa shape index (κ1) is 9.38. The molecule has 1 aromatic rings. The first-order chi connectivity index (χ1) is 6.36. The Kier molecular flexibility index (Phi) is 3.63. The lowest BCUT2D eigenvalue weighted by Gasteiger charge is -2.01. The van der Waals surface area contributed by atoms with Crippen LogP contribution in [0.4, 0.5) is 0 Å². The van der Waals surface area contributed by atoms with Crippen LogP contribution in [0.1, 0.15) is 11.1 Å². The zero-order valence-electron chi connectivity index (χ0n) is 7.06. The summed E-state index contributed by atoms with van der Waals surface area (Å²) in [6.07, 6.45) is 0.643. The highest BCUT2D eigenvalue weighted by Gasteiger charge is 1.94. The van der Waals surface area contributed by atoms with Crippen molar-refractivity contribution in [3.8, 4) is 0 Å². The molecule has 1 amide bonds. The Morgan fingerprint density at radius 1 is 1.38 bits per heavy atom. The second-order valence-electron chi connectivity index (χ2n) is 2.61. The summed E-state index contributed by atoms with van der Waals surface area (Å²) < 4.78 is 0. The van der Waals surface area contributed by atoms with E-state index in [0.29, 0.717) is 13.0 Å². The molecule has 0 aliphatic heterocycles. The lowest BCUT2D eigenvalue weighted by Crippen LogP contribution is -2.09. The molecule has 0 aliphatic carbocycles. The van der Waals surface area contributed by atoms with Gasteiger partial charge >= 0.3 is 0 Å². The number of carbonyl (C=O) groups excluding carboxylic acids is 1. The van der Waals surface area contributed by atoms with Crippen molar-refractivity contribution in [3.63, 3.8) is 0 Å². The Bertz CT molecular complexity index is 299. The van der Waals surface area contributed by atoms with Crippen LogP contribution >= 0.6 is 0 Å². The van der Waals surface area contributed by atoms with Crippen molar-refractivity contribution >= 4 is 6.41 Å². The maximum absolute atomic E-state index is 10.0. The van der Waals surface area contributed by atoms with E-state index < -0.39 is 0 Å². The minimum absolute atomic E-state index is 0.176. The van der Waals surface area contributed by atoms with E-state index in [1.807, 2.05) is 24.3 Å². The van der Waals surface area contributed by atoms with Crippen molar-refractivity contribution in [2.24, 2.45) is 5.18 Å². The highest BCUT2D eigenvalue weighted by atomic mass is 16.3. The first-order valence-electron chi connectivity index (χ1n) is 3.91. The van der Waals surface area contributed by atoms with Crippen molar-refractivity contribution < 1.29 is 4.79 Å². The molecule has 0 aliphatic rings. The predicted molar refractivity (Wildman–Crippen MR) is 48.8 cm³/mol. The van der Waals surface area contributed by atoms with Gasteiger partial charge in [0.1, 0.15) is 6.54 Å².